The van der Waals surface area contributed by atoms with E-state index in [0.717, 1.165) is 19.3 Å². The van der Waals surface area contributed by atoms with E-state index in [9.17, 15) is 5.11 Å². The van der Waals surface area contributed by atoms with E-state index in [1.807, 2.05) is 0 Å². The fourth-order valence-corrected chi connectivity index (χ4v) is 1.65. The summed E-state index contributed by atoms with van der Waals surface area (Å²) in [5, 5.41) is 9.74. The maximum Gasteiger partial charge on any atom is 0.0605 e. The van der Waals surface area contributed by atoms with Gasteiger partial charge in [-0.3, -0.25) is 0 Å². The molecule has 1 nitrogen and oxygen atoms in total. The fraction of sp³-hybridized carbons (Fsp3) is 0.818. The lowest BCUT2D eigenvalue weighted by molar-refractivity contribution is 0.0780. The van der Waals surface area contributed by atoms with Gasteiger partial charge in [0.25, 0.3) is 0 Å². The summed E-state index contributed by atoms with van der Waals surface area (Å²) in [6, 6.07) is 0. The van der Waals surface area contributed by atoms with E-state index in [0.29, 0.717) is 11.8 Å². The first-order valence-electron chi connectivity index (χ1n) is 4.92. The molecule has 0 spiro atoms. The molecule has 0 amide bonds. The van der Waals surface area contributed by atoms with Crippen LogP contribution in [0.3, 0.4) is 0 Å². The molecule has 0 bridgehead atoms. The van der Waals surface area contributed by atoms with Gasteiger partial charge >= 0.3 is 0 Å². The predicted octanol–water partition coefficient (Wildman–Crippen LogP) is 3.00. The van der Waals surface area contributed by atoms with Gasteiger partial charge in [-0.05, 0) is 24.7 Å². The second-order valence-electron chi connectivity index (χ2n) is 3.79. The van der Waals surface area contributed by atoms with E-state index >= 15 is 0 Å². The van der Waals surface area contributed by atoms with Crippen molar-refractivity contribution < 1.29 is 5.11 Å². The second kappa shape index (κ2) is 6.24. The molecule has 0 radical (unpaired) electrons. The molecule has 0 aromatic rings. The Hall–Kier alpha value is -0.300. The monoisotopic (exact) mass is 170 g/mol. The number of aliphatic hydroxyl groups excluding tert-OH is 1. The highest BCUT2D eigenvalue weighted by Crippen LogP contribution is 2.22. The Morgan fingerprint density at radius 3 is 2.33 bits per heavy atom. The summed E-state index contributed by atoms with van der Waals surface area (Å²) in [5.74, 6) is 1.01. The van der Waals surface area contributed by atoms with Crippen molar-refractivity contribution in [1.82, 2.24) is 0 Å². The van der Waals surface area contributed by atoms with Crippen LogP contribution in [0.5, 0.6) is 0 Å². The average Bonchev–Trinajstić information content (AvgIpc) is 1.99. The molecule has 2 atom stereocenters. The second-order valence-corrected chi connectivity index (χ2v) is 3.79. The van der Waals surface area contributed by atoms with E-state index in [1.165, 1.54) is 0 Å². The average molecular weight is 170 g/mol. The van der Waals surface area contributed by atoms with Crippen LogP contribution in [0.4, 0.5) is 0 Å². The van der Waals surface area contributed by atoms with Gasteiger partial charge in [0, 0.05) is 0 Å². The van der Waals surface area contributed by atoms with E-state index in [1.54, 1.807) is 6.08 Å². The number of hydrogen-bond acceptors (Lipinski definition) is 1. The van der Waals surface area contributed by atoms with Crippen LogP contribution < -0.4 is 0 Å². The molecule has 0 saturated carbocycles. The Morgan fingerprint density at radius 2 is 2.00 bits per heavy atom. The molecule has 72 valence electrons. The van der Waals surface area contributed by atoms with Crippen LogP contribution >= 0.6 is 0 Å². The third-order valence-corrected chi connectivity index (χ3v) is 2.38. The summed E-state index contributed by atoms with van der Waals surface area (Å²) >= 11 is 0. The first-order chi connectivity index (χ1) is 5.63. The highest BCUT2D eigenvalue weighted by atomic mass is 16.3. The maximum absolute atomic E-state index is 9.74. The molecule has 1 heteroatoms. The van der Waals surface area contributed by atoms with E-state index in [4.69, 9.17) is 0 Å². The normalized spacial score (nSPS) is 16.1. The van der Waals surface area contributed by atoms with Crippen molar-refractivity contribution in [3.63, 3.8) is 0 Å². The van der Waals surface area contributed by atoms with Crippen molar-refractivity contribution in [2.75, 3.05) is 0 Å². The quantitative estimate of drug-likeness (QED) is 0.608. The number of rotatable bonds is 6. The molecule has 0 saturated heterocycles. The molecule has 0 aromatic heterocycles. The Kier molecular flexibility index (Phi) is 6.09. The van der Waals surface area contributed by atoms with Crippen LogP contribution in [0.25, 0.3) is 0 Å². The molecular formula is C11H22O. The Bertz CT molecular complexity index is 118. The standard InChI is InChI=1S/C11H22O/c1-5-7-10(9(3)4)11(12)8-6-2/h6,9-12H,2,5,7-8H2,1,3-4H3/t10-,11+/m0/s1. The van der Waals surface area contributed by atoms with Gasteiger partial charge < -0.3 is 5.11 Å². The van der Waals surface area contributed by atoms with Gasteiger partial charge in [-0.2, -0.15) is 0 Å². The maximum atomic E-state index is 9.74. The molecule has 0 aliphatic rings. The van der Waals surface area contributed by atoms with Gasteiger partial charge in [0.1, 0.15) is 0 Å². The zero-order valence-electron chi connectivity index (χ0n) is 8.59. The SMILES string of the molecule is C=CC[C@@H](O)[C@@H](CCC)C(C)C. The molecule has 1 N–H and O–H groups in total. The van der Waals surface area contributed by atoms with E-state index in [2.05, 4.69) is 27.4 Å². The molecular weight excluding hydrogens is 148 g/mol. The van der Waals surface area contributed by atoms with Crippen LogP contribution in [0.15, 0.2) is 12.7 Å². The van der Waals surface area contributed by atoms with Gasteiger partial charge in [0.15, 0.2) is 0 Å². The first-order valence-corrected chi connectivity index (χ1v) is 4.92. The zero-order valence-corrected chi connectivity index (χ0v) is 8.59. The third-order valence-electron chi connectivity index (χ3n) is 2.38. The summed E-state index contributed by atoms with van der Waals surface area (Å²) in [6.07, 6.45) is 4.60. The predicted molar refractivity (Wildman–Crippen MR) is 54.1 cm³/mol. The third kappa shape index (κ3) is 3.91. The smallest absolute Gasteiger partial charge is 0.0605 e. The van der Waals surface area contributed by atoms with Crippen molar-refractivity contribution in [3.8, 4) is 0 Å². The summed E-state index contributed by atoms with van der Waals surface area (Å²) in [4.78, 5) is 0. The number of hydrogen-bond donors (Lipinski definition) is 1. The van der Waals surface area contributed by atoms with Gasteiger partial charge in [-0.15, -0.1) is 6.58 Å². The fourth-order valence-electron chi connectivity index (χ4n) is 1.65. The van der Waals surface area contributed by atoms with Crippen LogP contribution in [0, 0.1) is 11.8 Å². The molecule has 0 aliphatic carbocycles. The van der Waals surface area contributed by atoms with Gasteiger partial charge in [0.05, 0.1) is 6.10 Å². The molecule has 0 fully saturated rings. The summed E-state index contributed by atoms with van der Waals surface area (Å²) in [7, 11) is 0. The van der Waals surface area contributed by atoms with Crippen LogP contribution in [0.1, 0.15) is 40.0 Å². The zero-order chi connectivity index (χ0) is 9.56. The van der Waals surface area contributed by atoms with E-state index in [-0.39, 0.29) is 6.10 Å². The largest absolute Gasteiger partial charge is 0.393 e. The number of aliphatic hydroxyl groups is 1. The minimum atomic E-state index is -0.192. The Labute approximate surface area is 76.5 Å². The van der Waals surface area contributed by atoms with Crippen molar-refractivity contribution in [1.29, 1.82) is 0 Å². The van der Waals surface area contributed by atoms with Crippen LogP contribution in [-0.4, -0.2) is 11.2 Å². The van der Waals surface area contributed by atoms with Gasteiger partial charge in [-0.25, -0.2) is 0 Å². The van der Waals surface area contributed by atoms with Crippen molar-refractivity contribution in [3.05, 3.63) is 12.7 Å². The van der Waals surface area contributed by atoms with Crippen molar-refractivity contribution in [2.45, 2.75) is 46.1 Å². The highest BCUT2D eigenvalue weighted by Gasteiger charge is 2.20. The minimum Gasteiger partial charge on any atom is -0.393 e. The summed E-state index contributed by atoms with van der Waals surface area (Å²) in [5.41, 5.74) is 0. The van der Waals surface area contributed by atoms with Gasteiger partial charge in [-0.1, -0.05) is 33.3 Å². The molecule has 0 aromatic carbocycles. The molecule has 0 aliphatic heterocycles. The van der Waals surface area contributed by atoms with Crippen molar-refractivity contribution >= 4 is 0 Å². The van der Waals surface area contributed by atoms with Gasteiger partial charge in [0.2, 0.25) is 0 Å². The van der Waals surface area contributed by atoms with E-state index < -0.39 is 0 Å². The van der Waals surface area contributed by atoms with Crippen LogP contribution in [0.2, 0.25) is 0 Å². The summed E-state index contributed by atoms with van der Waals surface area (Å²) < 4.78 is 0. The lowest BCUT2D eigenvalue weighted by atomic mass is 9.85. The molecule has 0 heterocycles. The molecule has 0 rings (SSSR count). The Balaban J connectivity index is 3.98. The Morgan fingerprint density at radius 1 is 1.42 bits per heavy atom. The first kappa shape index (κ1) is 11.7. The lowest BCUT2D eigenvalue weighted by Crippen LogP contribution is -2.24. The minimum absolute atomic E-state index is 0.192. The van der Waals surface area contributed by atoms with Crippen molar-refractivity contribution in [2.24, 2.45) is 11.8 Å². The molecule has 0 unspecified atom stereocenters. The lowest BCUT2D eigenvalue weighted by Gasteiger charge is -2.25. The highest BCUT2D eigenvalue weighted by molar-refractivity contribution is 4.79. The summed E-state index contributed by atoms with van der Waals surface area (Å²) in [6.45, 7) is 10.2. The molecule has 12 heavy (non-hydrogen) atoms. The topological polar surface area (TPSA) is 20.2 Å². The van der Waals surface area contributed by atoms with Crippen LogP contribution in [-0.2, 0) is 0 Å².